The van der Waals surface area contributed by atoms with Crippen molar-refractivity contribution < 1.29 is 32.4 Å². The van der Waals surface area contributed by atoms with E-state index in [-0.39, 0.29) is 24.4 Å². The second-order valence-electron chi connectivity index (χ2n) is 8.81. The molecular formula is C24H36O8Sn. The van der Waals surface area contributed by atoms with E-state index in [0.29, 0.717) is 0 Å². The molecule has 0 saturated heterocycles. The van der Waals surface area contributed by atoms with Crippen LogP contribution in [0.1, 0.15) is 77.0 Å². The summed E-state index contributed by atoms with van der Waals surface area (Å²) in [5.74, 6) is 0. The van der Waals surface area contributed by atoms with Gasteiger partial charge in [-0.2, -0.15) is 0 Å². The summed E-state index contributed by atoms with van der Waals surface area (Å²) in [5, 5.41) is 0. The summed E-state index contributed by atoms with van der Waals surface area (Å²) in [6, 6.07) is 0. The first kappa shape index (κ1) is 25.5. The third kappa shape index (κ3) is 8.86. The monoisotopic (exact) mass is 572 g/mol. The molecule has 0 aromatic rings. The zero-order valence-corrected chi connectivity index (χ0v) is 22.0. The first-order chi connectivity index (χ1) is 16.3. The molecule has 0 heterocycles. The van der Waals surface area contributed by atoms with Crippen LogP contribution < -0.4 is 0 Å². The summed E-state index contributed by atoms with van der Waals surface area (Å²) >= 11 is -5.10. The molecule has 0 amide bonds. The molecule has 0 aliphatic heterocycles. The van der Waals surface area contributed by atoms with Gasteiger partial charge in [0.15, 0.2) is 0 Å². The third-order valence-electron chi connectivity index (χ3n) is 5.94. The number of allylic oxidation sites excluding steroid dienone is 4. The van der Waals surface area contributed by atoms with Crippen LogP contribution in [0.4, 0.5) is 0 Å². The molecule has 4 rings (SSSR count). The van der Waals surface area contributed by atoms with Crippen molar-refractivity contribution in [3.63, 3.8) is 0 Å². The molecule has 184 valence electrons. The van der Waals surface area contributed by atoms with Crippen LogP contribution in [0.15, 0.2) is 48.6 Å². The van der Waals surface area contributed by atoms with Gasteiger partial charge < -0.3 is 0 Å². The number of hydrogen-bond donors (Lipinski definition) is 0. The van der Waals surface area contributed by atoms with Gasteiger partial charge in [-0.15, -0.1) is 0 Å². The average Bonchev–Trinajstić information content (AvgIpc) is 2.90. The molecule has 0 aromatic heterocycles. The predicted molar refractivity (Wildman–Crippen MR) is 122 cm³/mol. The minimum atomic E-state index is -5.10. The molecule has 9 heteroatoms. The SMILES string of the molecule is C1=CC(O[O][Sn]([O]OC2C=CCCC2)([O]OC2C=CCCC2)[O]OC2C=CCCC2)CCC1. The molecule has 0 radical (unpaired) electrons. The van der Waals surface area contributed by atoms with Gasteiger partial charge in [0, 0.05) is 0 Å². The Labute approximate surface area is 202 Å². The van der Waals surface area contributed by atoms with Gasteiger partial charge in [0.25, 0.3) is 0 Å². The van der Waals surface area contributed by atoms with Gasteiger partial charge in [0.1, 0.15) is 0 Å². The standard InChI is InChI=1S/4C6H10O2.Sn/c4*7-8-6-4-2-1-3-5-6;/h4*2,4,6-7H,1,3,5H2;/q;;;;+4/p-4. The third-order valence-corrected chi connectivity index (χ3v) is 9.36. The van der Waals surface area contributed by atoms with E-state index in [1.807, 2.05) is 24.3 Å². The molecular weight excluding hydrogens is 535 g/mol. The Morgan fingerprint density at radius 3 is 0.909 bits per heavy atom. The van der Waals surface area contributed by atoms with Crippen LogP contribution in [-0.4, -0.2) is 44.4 Å². The van der Waals surface area contributed by atoms with Gasteiger partial charge in [0.2, 0.25) is 0 Å². The molecule has 0 aromatic carbocycles. The number of hydrogen-bond acceptors (Lipinski definition) is 8. The van der Waals surface area contributed by atoms with E-state index >= 15 is 0 Å². The Morgan fingerprint density at radius 2 is 0.697 bits per heavy atom. The summed E-state index contributed by atoms with van der Waals surface area (Å²) in [6.07, 6.45) is 26.9. The van der Waals surface area contributed by atoms with Gasteiger partial charge in [-0.1, -0.05) is 0 Å². The van der Waals surface area contributed by atoms with Crippen LogP contribution in [0.2, 0.25) is 0 Å². The van der Waals surface area contributed by atoms with Crippen LogP contribution in [0.5, 0.6) is 0 Å². The summed E-state index contributed by atoms with van der Waals surface area (Å²) in [6.45, 7) is 0. The van der Waals surface area contributed by atoms with Crippen molar-refractivity contribution >= 4 is 20.0 Å². The maximum atomic E-state index is 5.79. The van der Waals surface area contributed by atoms with Crippen LogP contribution in [0, 0.1) is 0 Å². The molecule has 4 aliphatic rings. The molecule has 0 bridgehead atoms. The number of rotatable bonds is 12. The Bertz CT molecular complexity index is 576. The van der Waals surface area contributed by atoms with Crippen molar-refractivity contribution in [2.75, 3.05) is 0 Å². The van der Waals surface area contributed by atoms with Crippen molar-refractivity contribution in [2.45, 2.75) is 101 Å². The first-order valence-corrected chi connectivity index (χ1v) is 17.0. The van der Waals surface area contributed by atoms with Crippen molar-refractivity contribution in [1.82, 2.24) is 0 Å². The van der Waals surface area contributed by atoms with Crippen molar-refractivity contribution in [3.8, 4) is 0 Å². The molecule has 0 saturated carbocycles. The van der Waals surface area contributed by atoms with Gasteiger partial charge >= 0.3 is 203 Å². The topological polar surface area (TPSA) is 73.8 Å². The van der Waals surface area contributed by atoms with E-state index in [0.717, 1.165) is 77.0 Å². The molecule has 4 aliphatic carbocycles. The molecule has 0 N–H and O–H groups in total. The fraction of sp³-hybridized carbons (Fsp3) is 0.667. The van der Waals surface area contributed by atoms with E-state index in [9.17, 15) is 0 Å². The fourth-order valence-corrected chi connectivity index (χ4v) is 7.24. The van der Waals surface area contributed by atoms with Crippen molar-refractivity contribution in [2.24, 2.45) is 0 Å². The summed E-state index contributed by atoms with van der Waals surface area (Å²) in [7, 11) is 0. The van der Waals surface area contributed by atoms with E-state index < -0.39 is 20.0 Å². The van der Waals surface area contributed by atoms with E-state index in [1.54, 1.807) is 0 Å². The quantitative estimate of drug-likeness (QED) is 0.129. The summed E-state index contributed by atoms with van der Waals surface area (Å²) in [4.78, 5) is 22.8. The fourth-order valence-electron chi connectivity index (χ4n) is 4.01. The van der Waals surface area contributed by atoms with Gasteiger partial charge in [-0.25, -0.2) is 0 Å². The first-order valence-electron chi connectivity index (χ1n) is 12.4. The Kier molecular flexibility index (Phi) is 10.9. The van der Waals surface area contributed by atoms with Gasteiger partial charge in [-0.3, -0.25) is 0 Å². The van der Waals surface area contributed by atoms with Crippen LogP contribution in [0.3, 0.4) is 0 Å². The molecule has 4 atom stereocenters. The normalized spacial score (nSPS) is 31.5. The summed E-state index contributed by atoms with van der Waals surface area (Å²) in [5.41, 5.74) is 0. The van der Waals surface area contributed by atoms with Gasteiger partial charge in [0.05, 0.1) is 0 Å². The van der Waals surface area contributed by atoms with Crippen molar-refractivity contribution in [1.29, 1.82) is 0 Å². The minimum absolute atomic E-state index is 0.218. The van der Waals surface area contributed by atoms with Crippen LogP contribution in [0.25, 0.3) is 0 Å². The zero-order valence-electron chi connectivity index (χ0n) is 19.2. The zero-order chi connectivity index (χ0) is 22.6. The molecule has 4 unspecified atom stereocenters. The predicted octanol–water partition coefficient (Wildman–Crippen LogP) is 5.65. The Balaban J connectivity index is 1.45. The molecule has 0 spiro atoms. The van der Waals surface area contributed by atoms with Crippen molar-refractivity contribution in [3.05, 3.63) is 48.6 Å². The van der Waals surface area contributed by atoms with Crippen LogP contribution >= 0.6 is 0 Å². The van der Waals surface area contributed by atoms with E-state index in [4.69, 9.17) is 32.4 Å². The molecule has 8 nitrogen and oxygen atoms in total. The van der Waals surface area contributed by atoms with E-state index in [1.165, 1.54) is 0 Å². The second-order valence-corrected chi connectivity index (χ2v) is 13.6. The van der Waals surface area contributed by atoms with Crippen LogP contribution in [-0.2, 0) is 32.4 Å². The van der Waals surface area contributed by atoms with E-state index in [2.05, 4.69) is 24.3 Å². The Morgan fingerprint density at radius 1 is 0.424 bits per heavy atom. The average molecular weight is 571 g/mol. The Hall–Kier alpha value is -0.561. The second kappa shape index (κ2) is 14.1. The maximum absolute atomic E-state index is 5.79. The summed E-state index contributed by atoms with van der Waals surface area (Å²) < 4.78 is 23.1. The van der Waals surface area contributed by atoms with Gasteiger partial charge in [-0.05, 0) is 0 Å². The molecule has 33 heavy (non-hydrogen) atoms. The molecule has 0 fully saturated rings.